The van der Waals surface area contributed by atoms with Crippen molar-refractivity contribution in [2.45, 2.75) is 25.0 Å². The van der Waals surface area contributed by atoms with Crippen LogP contribution < -0.4 is 22.3 Å². The maximum atomic E-state index is 13.6. The molecule has 0 radical (unpaired) electrons. The van der Waals surface area contributed by atoms with Gasteiger partial charge in [-0.2, -0.15) is 0 Å². The number of nitrogens with zero attached hydrogens (tertiary/aromatic N) is 1. The first kappa shape index (κ1) is 28.5. The van der Waals surface area contributed by atoms with Crippen LogP contribution in [-0.2, 0) is 14.3 Å². The number of para-hydroxylation sites is 1. The Morgan fingerprint density at radius 1 is 0.872 bits per heavy atom. The third-order valence-corrected chi connectivity index (χ3v) is 7.87. The fourth-order valence-corrected chi connectivity index (χ4v) is 5.72. The van der Waals surface area contributed by atoms with Crippen LogP contribution in [0.15, 0.2) is 84.9 Å². The molecule has 0 aliphatic carbocycles. The number of fused-ring (bicyclic) bond motifs is 3. The topological polar surface area (TPSA) is 81.7 Å². The largest absolute Gasteiger partial charge is 1.00 e. The maximum Gasteiger partial charge on any atom is 0.337 e. The third-order valence-electron chi connectivity index (χ3n) is 7.87. The summed E-state index contributed by atoms with van der Waals surface area (Å²) in [6.45, 7) is 2.78. The number of benzene rings is 3. The summed E-state index contributed by atoms with van der Waals surface area (Å²) in [6, 6.07) is 25.2. The first-order valence-corrected chi connectivity index (χ1v) is 13.1. The molecule has 39 heavy (non-hydrogen) atoms. The van der Waals surface area contributed by atoms with Gasteiger partial charge in [-0.25, -0.2) is 9.59 Å². The summed E-state index contributed by atoms with van der Waals surface area (Å²) in [5.74, 6) is -0.396. The minimum atomic E-state index is -0.627. The Morgan fingerprint density at radius 3 is 2.08 bits per heavy atom. The van der Waals surface area contributed by atoms with E-state index in [2.05, 4.69) is 5.32 Å². The summed E-state index contributed by atoms with van der Waals surface area (Å²) in [5, 5.41) is 3.34. The van der Waals surface area contributed by atoms with Crippen LogP contribution in [0.3, 0.4) is 0 Å². The predicted octanol–water partition coefficient (Wildman–Crippen LogP) is 1.67. The van der Waals surface area contributed by atoms with Gasteiger partial charge in [0.25, 0.3) is 0 Å². The number of hydrogen-bond donors (Lipinski definition) is 1. The van der Waals surface area contributed by atoms with Gasteiger partial charge in [0, 0.05) is 30.0 Å². The molecule has 0 amide bonds. The molecule has 6 rings (SSSR count). The molecule has 8 heteroatoms. The zero-order valence-electron chi connectivity index (χ0n) is 21.9. The number of carbonyl (C=O) groups excluding carboxylic acids is 3. The Labute approximate surface area is 239 Å². The van der Waals surface area contributed by atoms with Crippen LogP contribution in [0, 0.1) is 5.92 Å². The molecule has 0 spiro atoms. The average molecular weight is 594 g/mol. The lowest BCUT2D eigenvalue weighted by atomic mass is 9.82. The molecule has 3 aromatic carbocycles. The number of nitrogens with one attached hydrogen (secondary N) is 1. The van der Waals surface area contributed by atoms with E-state index in [1.54, 1.807) is 24.3 Å². The van der Waals surface area contributed by atoms with Crippen LogP contribution in [0.4, 0.5) is 5.69 Å². The second-order valence-electron chi connectivity index (χ2n) is 10.3. The van der Waals surface area contributed by atoms with E-state index in [0.717, 1.165) is 37.2 Å². The number of Topliss-reactive ketones (excluding diaryl/α,β-unsaturated/α-hetero) is 1. The van der Waals surface area contributed by atoms with Gasteiger partial charge in [0.05, 0.1) is 25.8 Å². The number of carbonyl (C=O) groups is 3. The molecule has 2 bridgehead atoms. The quantitative estimate of drug-likeness (QED) is 0.231. The minimum Gasteiger partial charge on any atom is -1.00 e. The fraction of sp³-hybridized carbons (Fsp3) is 0.323. The lowest BCUT2D eigenvalue weighted by Gasteiger charge is -2.51. The van der Waals surface area contributed by atoms with Crippen molar-refractivity contribution in [1.82, 2.24) is 0 Å². The average Bonchev–Trinajstić information content (AvgIpc) is 2.97. The minimum absolute atomic E-state index is 0. The van der Waals surface area contributed by atoms with Crippen molar-refractivity contribution in [3.05, 3.63) is 102 Å². The molecule has 0 saturated carbocycles. The number of ether oxygens (including phenoxy) is 2. The normalized spacial score (nSPS) is 22.2. The summed E-state index contributed by atoms with van der Waals surface area (Å²) in [6.07, 6.45) is 1.62. The van der Waals surface area contributed by atoms with E-state index < -0.39 is 12.0 Å². The van der Waals surface area contributed by atoms with E-state index in [1.165, 1.54) is 7.11 Å². The molecule has 0 aromatic heterocycles. The molecule has 1 N–H and O–H groups in total. The molecule has 1 unspecified atom stereocenters. The van der Waals surface area contributed by atoms with Gasteiger partial charge < -0.3 is 36.3 Å². The van der Waals surface area contributed by atoms with E-state index in [4.69, 9.17) is 9.47 Å². The highest BCUT2D eigenvalue weighted by molar-refractivity contribution is 5.98. The first-order chi connectivity index (χ1) is 18.5. The molecule has 3 aromatic rings. The molecule has 2 atom stereocenters. The van der Waals surface area contributed by atoms with Crippen molar-refractivity contribution in [2.24, 2.45) is 5.92 Å². The number of hydrogen-bond acceptors (Lipinski definition) is 6. The Morgan fingerprint density at radius 2 is 1.46 bits per heavy atom. The van der Waals surface area contributed by atoms with Crippen molar-refractivity contribution in [3.63, 3.8) is 0 Å². The SMILES string of the molecule is COC(=O)c1ccc(C(=O)C[N+]23CCC(CC2)[C@@H](OC(=O)C(Nc2ccccc2)c2ccccc2)C3)cc1.[Br-]. The smallest absolute Gasteiger partial charge is 0.337 e. The van der Waals surface area contributed by atoms with Gasteiger partial charge in [0.15, 0.2) is 12.1 Å². The second kappa shape index (κ2) is 12.6. The summed E-state index contributed by atoms with van der Waals surface area (Å²) < 4.78 is 11.6. The highest BCUT2D eigenvalue weighted by atomic mass is 79.9. The highest BCUT2D eigenvalue weighted by Crippen LogP contribution is 2.36. The van der Waals surface area contributed by atoms with Crippen LogP contribution in [0.2, 0.25) is 0 Å². The number of rotatable bonds is 9. The number of ketones is 1. The maximum absolute atomic E-state index is 13.6. The molecule has 204 valence electrons. The molecule has 7 nitrogen and oxygen atoms in total. The van der Waals surface area contributed by atoms with Gasteiger partial charge in [-0.3, -0.25) is 4.79 Å². The molecule has 3 saturated heterocycles. The number of piperidine rings is 3. The van der Waals surface area contributed by atoms with Gasteiger partial charge in [0.1, 0.15) is 13.1 Å². The lowest BCUT2D eigenvalue weighted by molar-refractivity contribution is -0.938. The van der Waals surface area contributed by atoms with Crippen molar-refractivity contribution in [2.75, 3.05) is 38.6 Å². The Hall–Kier alpha value is -3.49. The van der Waals surface area contributed by atoms with Crippen LogP contribution in [0.5, 0.6) is 0 Å². The van der Waals surface area contributed by atoms with Crippen LogP contribution in [0.25, 0.3) is 0 Å². The summed E-state index contributed by atoms with van der Waals surface area (Å²) in [5.41, 5.74) is 2.68. The summed E-state index contributed by atoms with van der Waals surface area (Å²) >= 11 is 0. The number of esters is 2. The zero-order valence-corrected chi connectivity index (χ0v) is 23.5. The molecular weight excluding hydrogens is 560 g/mol. The van der Waals surface area contributed by atoms with E-state index >= 15 is 0 Å². The summed E-state index contributed by atoms with van der Waals surface area (Å²) in [4.78, 5) is 38.5. The van der Waals surface area contributed by atoms with Crippen molar-refractivity contribution in [3.8, 4) is 0 Å². The van der Waals surface area contributed by atoms with Gasteiger partial charge in [-0.05, 0) is 29.8 Å². The van der Waals surface area contributed by atoms with Crippen molar-refractivity contribution in [1.29, 1.82) is 0 Å². The number of quaternary nitrogens is 1. The molecular formula is C31H33BrN2O5. The van der Waals surface area contributed by atoms with E-state index in [1.807, 2.05) is 60.7 Å². The predicted molar refractivity (Wildman–Crippen MR) is 144 cm³/mol. The first-order valence-electron chi connectivity index (χ1n) is 13.1. The zero-order chi connectivity index (χ0) is 26.5. The van der Waals surface area contributed by atoms with Crippen LogP contribution in [-0.4, -0.2) is 61.6 Å². The Bertz CT molecular complexity index is 1280. The monoisotopic (exact) mass is 592 g/mol. The Balaban J connectivity index is 0.00000353. The van der Waals surface area contributed by atoms with E-state index in [9.17, 15) is 14.4 Å². The molecule has 3 fully saturated rings. The number of halogens is 1. The second-order valence-corrected chi connectivity index (χ2v) is 10.3. The van der Waals surface area contributed by atoms with Crippen LogP contribution >= 0.6 is 0 Å². The molecule has 3 aliphatic heterocycles. The molecule has 3 heterocycles. The van der Waals surface area contributed by atoms with E-state index in [0.29, 0.717) is 34.6 Å². The van der Waals surface area contributed by atoms with Crippen molar-refractivity contribution < 1.29 is 45.3 Å². The number of anilines is 1. The van der Waals surface area contributed by atoms with Gasteiger partial charge in [-0.1, -0.05) is 60.7 Å². The van der Waals surface area contributed by atoms with Crippen molar-refractivity contribution >= 4 is 23.4 Å². The third kappa shape index (κ3) is 6.57. The standard InChI is InChI=1S/C31H33N2O5.BrH/c1-37-30(35)25-14-12-22(13-15-25)27(34)20-33-18-16-23(17-19-33)28(21-33)38-31(36)29(24-8-4-2-5-9-24)32-26-10-6-3-7-11-26;/h2-15,23,28-29,32H,16-21H2,1H3;1H/q+1;/p-1/t23?,28-,29?,33?;/m0./s1. The molecule has 3 aliphatic rings. The Kier molecular flexibility index (Phi) is 9.20. The summed E-state index contributed by atoms with van der Waals surface area (Å²) in [7, 11) is 1.33. The van der Waals surface area contributed by atoms with Gasteiger partial charge in [0.2, 0.25) is 5.78 Å². The highest BCUT2D eigenvalue weighted by Gasteiger charge is 2.49. The van der Waals surface area contributed by atoms with Crippen LogP contribution in [0.1, 0.15) is 45.2 Å². The van der Waals surface area contributed by atoms with Gasteiger partial charge in [-0.15, -0.1) is 0 Å². The number of methoxy groups -OCH3 is 1. The lowest BCUT2D eigenvalue weighted by Crippen LogP contribution is -3.00. The fourth-order valence-electron chi connectivity index (χ4n) is 5.72. The van der Waals surface area contributed by atoms with Gasteiger partial charge >= 0.3 is 11.9 Å². The van der Waals surface area contributed by atoms with E-state index in [-0.39, 0.29) is 34.8 Å².